The van der Waals surface area contributed by atoms with Crippen molar-refractivity contribution >= 4 is 51.4 Å². The molecule has 0 unspecified atom stereocenters. The van der Waals surface area contributed by atoms with E-state index in [0.29, 0.717) is 21.2 Å². The van der Waals surface area contributed by atoms with Crippen LogP contribution in [0.25, 0.3) is 10.9 Å². The van der Waals surface area contributed by atoms with Gasteiger partial charge >= 0.3 is 0 Å². The fourth-order valence-electron chi connectivity index (χ4n) is 1.20. The van der Waals surface area contributed by atoms with Crippen molar-refractivity contribution in [3.05, 3.63) is 33.4 Å². The minimum absolute atomic E-state index is 0.252. The molecule has 0 saturated heterocycles. The van der Waals surface area contributed by atoms with Crippen LogP contribution < -0.4 is 5.73 Å². The number of rotatable bonds is 0. The summed E-state index contributed by atoms with van der Waals surface area (Å²) in [5.74, 6) is 0. The van der Waals surface area contributed by atoms with E-state index in [0.717, 1.165) is 5.39 Å². The Balaban J connectivity index is 2.89. The molecular formula is C9H5Cl3N2. The van der Waals surface area contributed by atoms with Gasteiger partial charge in [-0.1, -0.05) is 34.8 Å². The Hall–Kier alpha value is -0.700. The summed E-state index contributed by atoms with van der Waals surface area (Å²) in [6.07, 6.45) is 0. The van der Waals surface area contributed by atoms with Crippen LogP contribution in [0.5, 0.6) is 0 Å². The van der Waals surface area contributed by atoms with Crippen LogP contribution in [-0.2, 0) is 0 Å². The topological polar surface area (TPSA) is 38.9 Å². The Bertz CT molecular complexity index is 511. The molecule has 0 aliphatic carbocycles. The van der Waals surface area contributed by atoms with Gasteiger partial charge < -0.3 is 5.73 Å². The second-order valence-electron chi connectivity index (χ2n) is 2.83. The summed E-state index contributed by atoms with van der Waals surface area (Å²) in [5.41, 5.74) is 6.63. The van der Waals surface area contributed by atoms with Gasteiger partial charge in [0.2, 0.25) is 0 Å². The zero-order chi connectivity index (χ0) is 10.3. The smallest absolute Gasteiger partial charge is 0.152 e. The predicted octanol–water partition coefficient (Wildman–Crippen LogP) is 3.78. The van der Waals surface area contributed by atoms with Gasteiger partial charge in [0.25, 0.3) is 0 Å². The lowest BCUT2D eigenvalue weighted by atomic mass is 10.2. The molecular weight excluding hydrogens is 242 g/mol. The Morgan fingerprint density at radius 2 is 1.79 bits per heavy atom. The fourth-order valence-corrected chi connectivity index (χ4v) is 1.89. The first-order valence-corrected chi connectivity index (χ1v) is 4.92. The van der Waals surface area contributed by atoms with Crippen LogP contribution in [-0.4, -0.2) is 4.98 Å². The fraction of sp³-hybridized carbons (Fsp3) is 0. The molecule has 0 aliphatic heterocycles. The first kappa shape index (κ1) is 9.84. The van der Waals surface area contributed by atoms with Crippen molar-refractivity contribution in [3.8, 4) is 0 Å². The van der Waals surface area contributed by atoms with Gasteiger partial charge in [0.15, 0.2) is 5.15 Å². The molecule has 5 heteroatoms. The zero-order valence-electron chi connectivity index (χ0n) is 6.89. The maximum atomic E-state index is 5.94. The lowest BCUT2D eigenvalue weighted by Gasteiger charge is -2.03. The lowest BCUT2D eigenvalue weighted by molar-refractivity contribution is 1.41. The molecule has 0 bridgehead atoms. The van der Waals surface area contributed by atoms with Crippen molar-refractivity contribution in [1.82, 2.24) is 4.98 Å². The highest BCUT2D eigenvalue weighted by Gasteiger charge is 2.06. The molecule has 1 aromatic heterocycles. The first-order valence-electron chi connectivity index (χ1n) is 3.78. The maximum absolute atomic E-state index is 5.94. The van der Waals surface area contributed by atoms with Crippen LogP contribution in [0.15, 0.2) is 18.2 Å². The van der Waals surface area contributed by atoms with E-state index in [-0.39, 0.29) is 5.15 Å². The number of nitrogen functional groups attached to an aromatic ring is 1. The third-order valence-corrected chi connectivity index (χ3v) is 2.63. The van der Waals surface area contributed by atoms with E-state index in [4.69, 9.17) is 40.5 Å². The van der Waals surface area contributed by atoms with Crippen molar-refractivity contribution in [3.63, 3.8) is 0 Å². The SMILES string of the molecule is Nc1cc2cc(Cl)cc(Cl)c2nc1Cl. The number of halogens is 3. The van der Waals surface area contributed by atoms with Crippen molar-refractivity contribution in [2.75, 3.05) is 5.73 Å². The van der Waals surface area contributed by atoms with Crippen LogP contribution >= 0.6 is 34.8 Å². The Morgan fingerprint density at radius 3 is 2.50 bits per heavy atom. The molecule has 1 aromatic carbocycles. The predicted molar refractivity (Wildman–Crippen MR) is 61.2 cm³/mol. The van der Waals surface area contributed by atoms with Crippen molar-refractivity contribution < 1.29 is 0 Å². The molecule has 14 heavy (non-hydrogen) atoms. The highest BCUT2D eigenvalue weighted by Crippen LogP contribution is 2.30. The van der Waals surface area contributed by atoms with Gasteiger partial charge in [-0.2, -0.15) is 0 Å². The molecule has 2 N–H and O–H groups in total. The van der Waals surface area contributed by atoms with E-state index in [1.165, 1.54) is 0 Å². The van der Waals surface area contributed by atoms with Gasteiger partial charge in [-0.3, -0.25) is 0 Å². The molecule has 72 valence electrons. The van der Waals surface area contributed by atoms with Gasteiger partial charge in [0.1, 0.15) is 0 Å². The molecule has 0 amide bonds. The monoisotopic (exact) mass is 246 g/mol. The highest BCUT2D eigenvalue weighted by molar-refractivity contribution is 6.39. The number of aromatic nitrogens is 1. The molecule has 0 atom stereocenters. The summed E-state index contributed by atoms with van der Waals surface area (Å²) >= 11 is 17.5. The summed E-state index contributed by atoms with van der Waals surface area (Å²) in [4.78, 5) is 4.07. The summed E-state index contributed by atoms with van der Waals surface area (Å²) in [6, 6.07) is 5.05. The maximum Gasteiger partial charge on any atom is 0.152 e. The number of hydrogen-bond donors (Lipinski definition) is 1. The molecule has 0 fully saturated rings. The van der Waals surface area contributed by atoms with E-state index < -0.39 is 0 Å². The van der Waals surface area contributed by atoms with Crippen LogP contribution in [0.1, 0.15) is 0 Å². The number of hydrogen-bond acceptors (Lipinski definition) is 2. The molecule has 2 rings (SSSR count). The second kappa shape index (κ2) is 3.46. The van der Waals surface area contributed by atoms with Crippen LogP contribution in [0, 0.1) is 0 Å². The van der Waals surface area contributed by atoms with Crippen molar-refractivity contribution in [2.24, 2.45) is 0 Å². The normalized spacial score (nSPS) is 10.8. The number of nitrogens with two attached hydrogens (primary N) is 1. The van der Waals surface area contributed by atoms with Crippen LogP contribution in [0.2, 0.25) is 15.2 Å². The molecule has 1 heterocycles. The summed E-state index contributed by atoms with van der Waals surface area (Å²) in [5, 5.41) is 2.05. The highest BCUT2D eigenvalue weighted by atomic mass is 35.5. The molecule has 2 nitrogen and oxygen atoms in total. The van der Waals surface area contributed by atoms with E-state index in [2.05, 4.69) is 4.98 Å². The Labute approximate surface area is 95.6 Å². The average molecular weight is 248 g/mol. The molecule has 0 spiro atoms. The van der Waals surface area contributed by atoms with Crippen LogP contribution in [0.4, 0.5) is 5.69 Å². The third-order valence-electron chi connectivity index (χ3n) is 1.82. The third kappa shape index (κ3) is 1.61. The molecule has 2 aromatic rings. The number of benzene rings is 1. The quantitative estimate of drug-likeness (QED) is 0.720. The molecule has 0 aliphatic rings. The van der Waals surface area contributed by atoms with Gasteiger partial charge in [0.05, 0.1) is 16.2 Å². The van der Waals surface area contributed by atoms with E-state index >= 15 is 0 Å². The van der Waals surface area contributed by atoms with Gasteiger partial charge in [-0.15, -0.1) is 0 Å². The van der Waals surface area contributed by atoms with E-state index in [1.807, 2.05) is 0 Å². The van der Waals surface area contributed by atoms with E-state index in [9.17, 15) is 0 Å². The largest absolute Gasteiger partial charge is 0.396 e. The first-order chi connectivity index (χ1) is 6.58. The molecule has 0 radical (unpaired) electrons. The summed E-state index contributed by atoms with van der Waals surface area (Å²) in [7, 11) is 0. The molecule has 0 saturated carbocycles. The zero-order valence-corrected chi connectivity index (χ0v) is 9.16. The van der Waals surface area contributed by atoms with Crippen molar-refractivity contribution in [1.29, 1.82) is 0 Å². The summed E-state index contributed by atoms with van der Waals surface area (Å²) < 4.78 is 0. The van der Waals surface area contributed by atoms with Gasteiger partial charge in [-0.25, -0.2) is 4.98 Å². The lowest BCUT2D eigenvalue weighted by Crippen LogP contribution is -1.90. The van der Waals surface area contributed by atoms with Gasteiger partial charge in [-0.05, 0) is 18.2 Å². The number of nitrogens with zero attached hydrogens (tertiary/aromatic N) is 1. The minimum Gasteiger partial charge on any atom is -0.396 e. The second-order valence-corrected chi connectivity index (χ2v) is 4.03. The Morgan fingerprint density at radius 1 is 1.07 bits per heavy atom. The van der Waals surface area contributed by atoms with Crippen LogP contribution in [0.3, 0.4) is 0 Å². The number of anilines is 1. The minimum atomic E-state index is 0.252. The number of fused-ring (bicyclic) bond motifs is 1. The van der Waals surface area contributed by atoms with Crippen molar-refractivity contribution in [2.45, 2.75) is 0 Å². The standard InChI is InChI=1S/C9H5Cl3N2/c10-5-1-4-2-7(13)9(12)14-8(4)6(11)3-5/h1-3H,13H2. The Kier molecular flexibility index (Phi) is 2.43. The number of pyridine rings is 1. The summed E-state index contributed by atoms with van der Waals surface area (Å²) in [6.45, 7) is 0. The average Bonchev–Trinajstić information content (AvgIpc) is 2.08. The van der Waals surface area contributed by atoms with E-state index in [1.54, 1.807) is 18.2 Å². The van der Waals surface area contributed by atoms with Gasteiger partial charge in [0, 0.05) is 10.4 Å².